The van der Waals surface area contributed by atoms with Crippen molar-refractivity contribution in [1.82, 2.24) is 0 Å². The lowest BCUT2D eigenvalue weighted by atomic mass is 10.2. The van der Waals surface area contributed by atoms with Crippen molar-refractivity contribution >= 4 is 35.0 Å². The molecule has 27 heavy (non-hydrogen) atoms. The van der Waals surface area contributed by atoms with Crippen LogP contribution in [0.2, 0.25) is 0 Å². The summed E-state index contributed by atoms with van der Waals surface area (Å²) >= 11 is 0. The summed E-state index contributed by atoms with van der Waals surface area (Å²) in [5.41, 5.74) is 3.23. The van der Waals surface area contributed by atoms with Gasteiger partial charge in [0.05, 0.1) is 24.6 Å². The van der Waals surface area contributed by atoms with Gasteiger partial charge in [-0.3, -0.25) is 9.59 Å². The van der Waals surface area contributed by atoms with E-state index in [9.17, 15) is 9.59 Å². The Morgan fingerprint density at radius 2 is 1.78 bits per heavy atom. The van der Waals surface area contributed by atoms with Gasteiger partial charge in [-0.05, 0) is 29.8 Å². The molecule has 6 heteroatoms. The molecule has 2 aromatic carbocycles. The van der Waals surface area contributed by atoms with Crippen LogP contribution in [0.1, 0.15) is 12.5 Å². The van der Waals surface area contributed by atoms with Gasteiger partial charge in [0.2, 0.25) is 11.8 Å². The molecule has 1 aliphatic heterocycles. The van der Waals surface area contributed by atoms with E-state index < -0.39 is 0 Å². The third kappa shape index (κ3) is 5.43. The van der Waals surface area contributed by atoms with Crippen LogP contribution in [0.15, 0.2) is 54.6 Å². The number of benzene rings is 2. The summed E-state index contributed by atoms with van der Waals surface area (Å²) < 4.78 is 5.41. The normalized spacial score (nSPS) is 14.2. The number of amides is 2. The van der Waals surface area contributed by atoms with Crippen LogP contribution in [0.25, 0.3) is 6.08 Å². The zero-order chi connectivity index (χ0) is 19.1. The van der Waals surface area contributed by atoms with Crippen molar-refractivity contribution in [3.63, 3.8) is 0 Å². The Kier molecular flexibility index (Phi) is 6.22. The zero-order valence-corrected chi connectivity index (χ0v) is 15.3. The lowest BCUT2D eigenvalue weighted by Crippen LogP contribution is -2.36. The Hall–Kier alpha value is -3.12. The highest BCUT2D eigenvalue weighted by molar-refractivity contribution is 6.04. The molecule has 1 heterocycles. The number of morpholine rings is 1. The molecule has 1 fully saturated rings. The van der Waals surface area contributed by atoms with Gasteiger partial charge in [-0.2, -0.15) is 0 Å². The largest absolute Gasteiger partial charge is 0.378 e. The summed E-state index contributed by atoms with van der Waals surface area (Å²) in [6.45, 7) is 4.19. The van der Waals surface area contributed by atoms with E-state index in [1.807, 2.05) is 42.5 Å². The third-order valence-corrected chi connectivity index (χ3v) is 4.15. The summed E-state index contributed by atoms with van der Waals surface area (Å²) in [6, 6.07) is 15.1. The molecule has 0 bridgehead atoms. The molecule has 0 aromatic heterocycles. The molecule has 0 atom stereocenters. The topological polar surface area (TPSA) is 70.7 Å². The van der Waals surface area contributed by atoms with E-state index in [0.717, 1.165) is 24.3 Å². The highest BCUT2D eigenvalue weighted by atomic mass is 16.5. The molecule has 0 spiro atoms. The van der Waals surface area contributed by atoms with Crippen LogP contribution in [0, 0.1) is 0 Å². The molecule has 2 N–H and O–H groups in total. The number of ether oxygens (including phenoxy) is 1. The van der Waals surface area contributed by atoms with Crippen molar-refractivity contribution in [1.29, 1.82) is 0 Å². The van der Waals surface area contributed by atoms with Gasteiger partial charge < -0.3 is 20.3 Å². The lowest BCUT2D eigenvalue weighted by Gasteiger charge is -2.31. The van der Waals surface area contributed by atoms with Crippen molar-refractivity contribution in [3.8, 4) is 0 Å². The van der Waals surface area contributed by atoms with Gasteiger partial charge in [-0.25, -0.2) is 0 Å². The predicted molar refractivity (Wildman–Crippen MR) is 108 cm³/mol. The van der Waals surface area contributed by atoms with Gasteiger partial charge >= 0.3 is 0 Å². The van der Waals surface area contributed by atoms with Gasteiger partial charge in [-0.1, -0.05) is 30.3 Å². The zero-order valence-electron chi connectivity index (χ0n) is 15.3. The van der Waals surface area contributed by atoms with Crippen molar-refractivity contribution in [2.45, 2.75) is 6.92 Å². The quantitative estimate of drug-likeness (QED) is 0.799. The highest BCUT2D eigenvalue weighted by Gasteiger charge is 2.16. The van der Waals surface area contributed by atoms with Crippen molar-refractivity contribution in [2.75, 3.05) is 41.8 Å². The van der Waals surface area contributed by atoms with E-state index in [2.05, 4.69) is 15.5 Å². The molecule has 2 amide bonds. The smallest absolute Gasteiger partial charge is 0.248 e. The van der Waals surface area contributed by atoms with E-state index in [4.69, 9.17) is 4.74 Å². The average molecular weight is 365 g/mol. The van der Waals surface area contributed by atoms with E-state index in [1.54, 1.807) is 12.1 Å². The SMILES string of the molecule is CC(=O)Nc1ccc(NC(=O)/C=C/c2ccccc2)c(N2CCOCC2)c1. The molecule has 2 aromatic rings. The Morgan fingerprint density at radius 1 is 1.04 bits per heavy atom. The number of carbonyl (C=O) groups excluding carboxylic acids is 2. The Bertz CT molecular complexity index is 828. The number of hydrogen-bond donors (Lipinski definition) is 2. The number of anilines is 3. The Labute approximate surface area is 158 Å². The third-order valence-electron chi connectivity index (χ3n) is 4.15. The first-order valence-corrected chi connectivity index (χ1v) is 8.90. The van der Waals surface area contributed by atoms with Gasteiger partial charge in [-0.15, -0.1) is 0 Å². The standard InChI is InChI=1S/C21H23N3O3/c1-16(25)22-18-8-9-19(20(15-18)24-11-13-27-14-12-24)23-21(26)10-7-17-5-3-2-4-6-17/h2-10,15H,11-14H2,1H3,(H,22,25)(H,23,26)/b10-7+. The van der Waals surface area contributed by atoms with E-state index >= 15 is 0 Å². The summed E-state index contributed by atoms with van der Waals surface area (Å²) in [4.78, 5) is 25.9. The Balaban J connectivity index is 1.79. The van der Waals surface area contributed by atoms with Crippen LogP contribution in [-0.4, -0.2) is 38.1 Å². The second-order valence-corrected chi connectivity index (χ2v) is 6.25. The highest BCUT2D eigenvalue weighted by Crippen LogP contribution is 2.30. The maximum atomic E-state index is 12.4. The minimum absolute atomic E-state index is 0.134. The maximum absolute atomic E-state index is 12.4. The maximum Gasteiger partial charge on any atom is 0.248 e. The van der Waals surface area contributed by atoms with Crippen LogP contribution in [0.5, 0.6) is 0 Å². The Morgan fingerprint density at radius 3 is 2.48 bits per heavy atom. The fraction of sp³-hybridized carbons (Fsp3) is 0.238. The van der Waals surface area contributed by atoms with Crippen LogP contribution < -0.4 is 15.5 Å². The van der Waals surface area contributed by atoms with E-state index in [-0.39, 0.29) is 11.8 Å². The number of carbonyl (C=O) groups is 2. The minimum atomic E-state index is -0.208. The average Bonchev–Trinajstić information content (AvgIpc) is 2.68. The monoisotopic (exact) mass is 365 g/mol. The van der Waals surface area contributed by atoms with Crippen LogP contribution in [0.4, 0.5) is 17.1 Å². The first-order chi connectivity index (χ1) is 13.1. The predicted octanol–water partition coefficient (Wildman–Crippen LogP) is 3.13. The molecule has 6 nitrogen and oxygen atoms in total. The summed E-state index contributed by atoms with van der Waals surface area (Å²) in [7, 11) is 0. The van der Waals surface area contributed by atoms with Crippen LogP contribution in [0.3, 0.4) is 0 Å². The molecule has 0 aliphatic carbocycles. The molecule has 1 aliphatic rings. The van der Waals surface area contributed by atoms with Gasteiger partial charge in [0.15, 0.2) is 0 Å². The molecular weight excluding hydrogens is 342 g/mol. The number of rotatable bonds is 5. The number of nitrogens with one attached hydrogen (secondary N) is 2. The molecule has 140 valence electrons. The van der Waals surface area contributed by atoms with Crippen LogP contribution >= 0.6 is 0 Å². The van der Waals surface area contributed by atoms with Crippen molar-refractivity contribution in [2.24, 2.45) is 0 Å². The molecular formula is C21H23N3O3. The van der Waals surface area contributed by atoms with Crippen molar-refractivity contribution in [3.05, 3.63) is 60.2 Å². The lowest BCUT2D eigenvalue weighted by molar-refractivity contribution is -0.114. The molecule has 0 unspecified atom stereocenters. The fourth-order valence-electron chi connectivity index (χ4n) is 2.89. The van der Waals surface area contributed by atoms with Crippen LogP contribution in [-0.2, 0) is 14.3 Å². The second kappa shape index (κ2) is 9.00. The molecule has 0 radical (unpaired) electrons. The second-order valence-electron chi connectivity index (χ2n) is 6.25. The molecule has 3 rings (SSSR count). The van der Waals surface area contributed by atoms with Gasteiger partial charge in [0.1, 0.15) is 0 Å². The van der Waals surface area contributed by atoms with E-state index in [1.165, 1.54) is 13.0 Å². The van der Waals surface area contributed by atoms with Gasteiger partial charge in [0, 0.05) is 31.8 Å². The van der Waals surface area contributed by atoms with E-state index in [0.29, 0.717) is 24.6 Å². The molecule has 1 saturated heterocycles. The van der Waals surface area contributed by atoms with Gasteiger partial charge in [0.25, 0.3) is 0 Å². The minimum Gasteiger partial charge on any atom is -0.378 e. The number of hydrogen-bond acceptors (Lipinski definition) is 4. The first-order valence-electron chi connectivity index (χ1n) is 8.90. The summed E-state index contributed by atoms with van der Waals surface area (Å²) in [6.07, 6.45) is 3.29. The summed E-state index contributed by atoms with van der Waals surface area (Å²) in [5.74, 6) is -0.342. The first kappa shape index (κ1) is 18.7. The summed E-state index contributed by atoms with van der Waals surface area (Å²) in [5, 5.41) is 5.73. The van der Waals surface area contributed by atoms with Crippen molar-refractivity contribution < 1.29 is 14.3 Å². The number of nitrogens with zero attached hydrogens (tertiary/aromatic N) is 1. The molecule has 0 saturated carbocycles. The fourth-order valence-corrected chi connectivity index (χ4v) is 2.89.